The molecule has 0 spiro atoms. The van der Waals surface area contributed by atoms with E-state index in [1.165, 1.54) is 0 Å². The van der Waals surface area contributed by atoms with E-state index in [9.17, 15) is 0 Å². The summed E-state index contributed by atoms with van der Waals surface area (Å²) in [5.74, 6) is 1.46. The summed E-state index contributed by atoms with van der Waals surface area (Å²) in [6.07, 6.45) is 0.746. The van der Waals surface area contributed by atoms with Gasteiger partial charge in [-0.1, -0.05) is 36.4 Å². The topological polar surface area (TPSA) is 70.5 Å². The lowest BCUT2D eigenvalue weighted by Gasteiger charge is -2.16. The van der Waals surface area contributed by atoms with E-state index in [0.717, 1.165) is 29.0 Å². The third kappa shape index (κ3) is 5.75. The van der Waals surface area contributed by atoms with Crippen molar-refractivity contribution in [2.24, 2.45) is 11.5 Å². The number of ether oxygens (including phenoxy) is 2. The molecule has 1 atom stereocenters. The van der Waals surface area contributed by atoms with Crippen molar-refractivity contribution in [2.75, 3.05) is 13.2 Å². The minimum atomic E-state index is -0.0765. The van der Waals surface area contributed by atoms with Gasteiger partial charge in [0.1, 0.15) is 6.61 Å². The fourth-order valence-electron chi connectivity index (χ4n) is 2.22. The Morgan fingerprint density at radius 1 is 1.00 bits per heavy atom. The number of rotatable bonds is 8. The van der Waals surface area contributed by atoms with Crippen molar-refractivity contribution in [1.82, 2.24) is 0 Å². The average molecular weight is 337 g/mol. The highest BCUT2D eigenvalue weighted by Gasteiger charge is 2.11. The minimum Gasteiger partial charge on any atom is -0.490 e. The Labute approximate surface area is 144 Å². The van der Waals surface area contributed by atoms with Crippen LogP contribution in [-0.2, 0) is 6.61 Å². The Morgan fingerprint density at radius 3 is 2.39 bits per heavy atom. The molecule has 0 heterocycles. The summed E-state index contributed by atoms with van der Waals surface area (Å²) in [5.41, 5.74) is 13.8. The van der Waals surface area contributed by atoms with E-state index < -0.39 is 0 Å². The molecule has 0 bridgehead atoms. The second-order valence-corrected chi connectivity index (χ2v) is 5.10. The summed E-state index contributed by atoms with van der Waals surface area (Å²) in [4.78, 5) is 0. The lowest BCUT2D eigenvalue weighted by Crippen LogP contribution is -2.15. The molecule has 2 rings (SSSR count). The first-order chi connectivity index (χ1) is 10.7. The van der Waals surface area contributed by atoms with Crippen molar-refractivity contribution in [3.8, 4) is 11.5 Å². The third-order valence-electron chi connectivity index (χ3n) is 3.41. The summed E-state index contributed by atoms with van der Waals surface area (Å²) in [6, 6.07) is 15.8. The molecular formula is C18H25ClN2O2. The van der Waals surface area contributed by atoms with Crippen LogP contribution in [0.25, 0.3) is 0 Å². The minimum absolute atomic E-state index is 0. The molecule has 0 aromatic heterocycles. The maximum absolute atomic E-state index is 6.11. The Kier molecular flexibility index (Phi) is 8.48. The van der Waals surface area contributed by atoms with Gasteiger partial charge in [-0.2, -0.15) is 0 Å². The van der Waals surface area contributed by atoms with Crippen molar-refractivity contribution in [1.29, 1.82) is 0 Å². The van der Waals surface area contributed by atoms with Crippen molar-refractivity contribution in [3.63, 3.8) is 0 Å². The molecule has 0 fully saturated rings. The summed E-state index contributed by atoms with van der Waals surface area (Å²) >= 11 is 0. The highest BCUT2D eigenvalue weighted by molar-refractivity contribution is 5.85. The Morgan fingerprint density at radius 2 is 1.74 bits per heavy atom. The monoisotopic (exact) mass is 336 g/mol. The molecule has 0 amide bonds. The highest BCUT2D eigenvalue weighted by atomic mass is 35.5. The van der Waals surface area contributed by atoms with Crippen LogP contribution in [0.15, 0.2) is 48.5 Å². The van der Waals surface area contributed by atoms with Gasteiger partial charge in [-0.15, -0.1) is 12.4 Å². The van der Waals surface area contributed by atoms with Gasteiger partial charge in [0.05, 0.1) is 6.61 Å². The Balaban J connectivity index is 0.00000264. The maximum Gasteiger partial charge on any atom is 0.161 e. The molecule has 0 unspecified atom stereocenters. The molecule has 0 saturated carbocycles. The molecule has 2 aromatic rings. The fraction of sp³-hybridized carbons (Fsp3) is 0.333. The van der Waals surface area contributed by atoms with Gasteiger partial charge in [-0.05, 0) is 43.1 Å². The number of hydrogen-bond acceptors (Lipinski definition) is 4. The number of hydrogen-bond donors (Lipinski definition) is 2. The van der Waals surface area contributed by atoms with Crippen molar-refractivity contribution >= 4 is 12.4 Å². The molecule has 0 aliphatic carbocycles. The summed E-state index contributed by atoms with van der Waals surface area (Å²) < 4.78 is 11.6. The number of nitrogens with two attached hydrogens (primary N) is 2. The van der Waals surface area contributed by atoms with E-state index in [-0.39, 0.29) is 18.4 Å². The Bertz CT molecular complexity index is 578. The predicted octanol–water partition coefficient (Wildman–Crippen LogP) is 3.43. The summed E-state index contributed by atoms with van der Waals surface area (Å²) in [7, 11) is 0. The quantitative estimate of drug-likeness (QED) is 0.774. The standard InChI is InChI=1S/C18H24N2O2.ClH/c1-2-21-18-12-15(16(20)10-11-19)8-9-17(18)22-13-14-6-4-3-5-7-14;/h3-9,12,16H,2,10-11,13,19-20H2,1H3;1H/t16-;/m0./s1. The van der Waals surface area contributed by atoms with Gasteiger partial charge < -0.3 is 20.9 Å². The normalized spacial score (nSPS) is 11.4. The molecule has 4 nitrogen and oxygen atoms in total. The Hall–Kier alpha value is -1.75. The van der Waals surface area contributed by atoms with Gasteiger partial charge in [0.25, 0.3) is 0 Å². The number of halogens is 1. The molecule has 4 N–H and O–H groups in total. The molecule has 2 aromatic carbocycles. The highest BCUT2D eigenvalue weighted by Crippen LogP contribution is 2.31. The second-order valence-electron chi connectivity index (χ2n) is 5.10. The van der Waals surface area contributed by atoms with Gasteiger partial charge in [0.15, 0.2) is 11.5 Å². The number of benzene rings is 2. The van der Waals surface area contributed by atoms with Gasteiger partial charge in [0, 0.05) is 6.04 Å². The lowest BCUT2D eigenvalue weighted by molar-refractivity contribution is 0.269. The molecule has 23 heavy (non-hydrogen) atoms. The van der Waals surface area contributed by atoms with Gasteiger partial charge in [-0.25, -0.2) is 0 Å². The summed E-state index contributed by atoms with van der Waals surface area (Å²) in [6.45, 7) is 3.61. The molecule has 126 valence electrons. The van der Waals surface area contributed by atoms with E-state index in [1.54, 1.807) is 0 Å². The van der Waals surface area contributed by atoms with E-state index >= 15 is 0 Å². The van der Waals surface area contributed by atoms with Crippen LogP contribution in [0.5, 0.6) is 11.5 Å². The molecule has 0 radical (unpaired) electrons. The molecular weight excluding hydrogens is 312 g/mol. The molecule has 0 saturated heterocycles. The summed E-state index contributed by atoms with van der Waals surface area (Å²) in [5, 5.41) is 0. The van der Waals surface area contributed by atoms with Crippen molar-refractivity contribution in [3.05, 3.63) is 59.7 Å². The zero-order valence-corrected chi connectivity index (χ0v) is 14.2. The van der Waals surface area contributed by atoms with Crippen LogP contribution in [0.1, 0.15) is 30.5 Å². The zero-order chi connectivity index (χ0) is 15.8. The van der Waals surface area contributed by atoms with E-state index in [4.69, 9.17) is 20.9 Å². The van der Waals surface area contributed by atoms with Crippen LogP contribution in [0.2, 0.25) is 0 Å². The maximum atomic E-state index is 6.11. The molecule has 0 aliphatic heterocycles. The first-order valence-electron chi connectivity index (χ1n) is 7.63. The fourth-order valence-corrected chi connectivity index (χ4v) is 2.22. The SMILES string of the molecule is CCOc1cc([C@@H](N)CCN)ccc1OCc1ccccc1.Cl. The zero-order valence-electron chi connectivity index (χ0n) is 13.4. The predicted molar refractivity (Wildman–Crippen MR) is 96.2 cm³/mol. The third-order valence-corrected chi connectivity index (χ3v) is 3.41. The first kappa shape index (κ1) is 19.3. The first-order valence-corrected chi connectivity index (χ1v) is 7.63. The van der Waals surface area contributed by atoms with Crippen LogP contribution in [-0.4, -0.2) is 13.2 Å². The van der Waals surface area contributed by atoms with Crippen LogP contribution in [0.4, 0.5) is 0 Å². The lowest BCUT2D eigenvalue weighted by atomic mass is 10.0. The molecule has 5 heteroatoms. The van der Waals surface area contributed by atoms with Crippen LogP contribution in [0, 0.1) is 0 Å². The second kappa shape index (κ2) is 10.1. The molecule has 0 aliphatic rings. The van der Waals surface area contributed by atoms with Crippen molar-refractivity contribution < 1.29 is 9.47 Å². The van der Waals surface area contributed by atoms with E-state index in [2.05, 4.69) is 0 Å². The largest absolute Gasteiger partial charge is 0.490 e. The van der Waals surface area contributed by atoms with Gasteiger partial charge in [0.2, 0.25) is 0 Å². The van der Waals surface area contributed by atoms with E-state index in [1.807, 2.05) is 55.5 Å². The van der Waals surface area contributed by atoms with Gasteiger partial charge >= 0.3 is 0 Å². The van der Waals surface area contributed by atoms with E-state index in [0.29, 0.717) is 19.8 Å². The smallest absolute Gasteiger partial charge is 0.161 e. The van der Waals surface area contributed by atoms with Crippen LogP contribution < -0.4 is 20.9 Å². The van der Waals surface area contributed by atoms with Crippen LogP contribution in [0.3, 0.4) is 0 Å². The van der Waals surface area contributed by atoms with Gasteiger partial charge in [-0.3, -0.25) is 0 Å². The van der Waals surface area contributed by atoms with Crippen LogP contribution >= 0.6 is 12.4 Å². The average Bonchev–Trinajstić information content (AvgIpc) is 2.55. The van der Waals surface area contributed by atoms with Crippen molar-refractivity contribution in [2.45, 2.75) is 26.0 Å².